The molecule has 9 nitrogen and oxygen atoms in total. The number of amides is 2. The van der Waals surface area contributed by atoms with E-state index >= 15 is 0 Å². The van der Waals surface area contributed by atoms with E-state index in [1.165, 1.54) is 51.4 Å². The number of hydrogen-bond donors (Lipinski definition) is 2. The van der Waals surface area contributed by atoms with Gasteiger partial charge in [0.1, 0.15) is 6.04 Å². The lowest BCUT2D eigenvalue weighted by Crippen LogP contribution is -2.40. The first-order valence-electron chi connectivity index (χ1n) is 9.07. The van der Waals surface area contributed by atoms with Crippen LogP contribution in [0.1, 0.15) is 17.3 Å². The van der Waals surface area contributed by atoms with Crippen molar-refractivity contribution in [1.82, 2.24) is 9.62 Å². The zero-order valence-corrected chi connectivity index (χ0v) is 18.7. The average Bonchev–Trinajstić information content (AvgIpc) is 2.72. The molecule has 2 amide bonds. The van der Waals surface area contributed by atoms with Crippen LogP contribution in [-0.2, 0) is 24.3 Å². The van der Waals surface area contributed by atoms with Gasteiger partial charge < -0.3 is 15.4 Å². The normalized spacial score (nSPS) is 12.2. The maximum Gasteiger partial charge on any atom is 0.328 e. The number of anilines is 1. The Morgan fingerprint density at radius 3 is 2.42 bits per heavy atom. The molecule has 0 aromatic heterocycles. The van der Waals surface area contributed by atoms with Gasteiger partial charge in [-0.25, -0.2) is 17.5 Å². The predicted molar refractivity (Wildman–Crippen MR) is 115 cm³/mol. The molecule has 2 rings (SSSR count). The van der Waals surface area contributed by atoms with E-state index in [1.54, 1.807) is 18.2 Å². The van der Waals surface area contributed by atoms with E-state index in [4.69, 9.17) is 16.3 Å². The standard InChI is InChI=1S/C20H22ClN3O6S/c1-13(22-19(26)16-9-4-5-10-17(16)21)20(27)30-12-18(25)23-14-7-6-8-15(11-14)31(28,29)24(2)3/h4-11,13H,12H2,1-3H3,(H,22,26)(H,23,25)/t13-/m0/s1. The van der Waals surface area contributed by atoms with E-state index in [0.29, 0.717) is 0 Å². The highest BCUT2D eigenvalue weighted by atomic mass is 35.5. The number of ether oxygens (including phenoxy) is 1. The monoisotopic (exact) mass is 467 g/mol. The summed E-state index contributed by atoms with van der Waals surface area (Å²) in [5.41, 5.74) is 0.429. The molecule has 0 fully saturated rings. The minimum absolute atomic E-state index is 0.00296. The molecule has 0 radical (unpaired) electrons. The maximum atomic E-state index is 12.2. The fourth-order valence-corrected chi connectivity index (χ4v) is 3.55. The second kappa shape index (κ2) is 10.4. The maximum absolute atomic E-state index is 12.2. The van der Waals surface area contributed by atoms with Gasteiger partial charge in [-0.1, -0.05) is 29.8 Å². The highest BCUT2D eigenvalue weighted by molar-refractivity contribution is 7.89. The van der Waals surface area contributed by atoms with Crippen molar-refractivity contribution in [2.24, 2.45) is 0 Å². The van der Waals surface area contributed by atoms with Gasteiger partial charge >= 0.3 is 5.97 Å². The zero-order valence-electron chi connectivity index (χ0n) is 17.1. The van der Waals surface area contributed by atoms with Gasteiger partial charge in [0.15, 0.2) is 6.61 Å². The second-order valence-corrected chi connectivity index (χ2v) is 9.21. The van der Waals surface area contributed by atoms with Crippen molar-refractivity contribution < 1.29 is 27.5 Å². The van der Waals surface area contributed by atoms with Gasteiger partial charge in [0.25, 0.3) is 11.8 Å². The molecule has 0 bridgehead atoms. The summed E-state index contributed by atoms with van der Waals surface area (Å²) in [6.45, 7) is 0.792. The summed E-state index contributed by atoms with van der Waals surface area (Å²) in [6.07, 6.45) is 0. The summed E-state index contributed by atoms with van der Waals surface area (Å²) >= 11 is 5.95. The third-order valence-electron chi connectivity index (χ3n) is 4.06. The first kappa shape index (κ1) is 24.3. The lowest BCUT2D eigenvalue weighted by atomic mass is 10.2. The Labute approximate surface area is 185 Å². The lowest BCUT2D eigenvalue weighted by Gasteiger charge is -2.14. The second-order valence-electron chi connectivity index (χ2n) is 6.65. The highest BCUT2D eigenvalue weighted by Gasteiger charge is 2.21. The number of benzene rings is 2. The molecule has 0 heterocycles. The Kier molecular flexibility index (Phi) is 8.14. The molecule has 0 saturated heterocycles. The number of nitrogens with one attached hydrogen (secondary N) is 2. The topological polar surface area (TPSA) is 122 Å². The number of carbonyl (C=O) groups is 3. The van der Waals surface area contributed by atoms with Crippen LogP contribution in [0.5, 0.6) is 0 Å². The molecule has 0 spiro atoms. The lowest BCUT2D eigenvalue weighted by molar-refractivity contribution is -0.148. The molecule has 31 heavy (non-hydrogen) atoms. The third kappa shape index (κ3) is 6.51. The zero-order chi connectivity index (χ0) is 23.2. The van der Waals surface area contributed by atoms with Crippen LogP contribution in [0.3, 0.4) is 0 Å². The third-order valence-corrected chi connectivity index (χ3v) is 6.20. The van der Waals surface area contributed by atoms with Crippen LogP contribution in [0.4, 0.5) is 5.69 Å². The molecule has 166 valence electrons. The first-order chi connectivity index (χ1) is 14.5. The summed E-state index contributed by atoms with van der Waals surface area (Å²) in [7, 11) is -0.874. The molecule has 2 aromatic rings. The molecule has 1 atom stereocenters. The molecule has 0 aliphatic heterocycles. The first-order valence-corrected chi connectivity index (χ1v) is 10.9. The Morgan fingerprint density at radius 1 is 1.10 bits per heavy atom. The highest BCUT2D eigenvalue weighted by Crippen LogP contribution is 2.18. The molecule has 0 aliphatic carbocycles. The fourth-order valence-electron chi connectivity index (χ4n) is 2.38. The van der Waals surface area contributed by atoms with E-state index in [1.807, 2.05) is 0 Å². The van der Waals surface area contributed by atoms with Crippen LogP contribution in [0.2, 0.25) is 5.02 Å². The molecule has 0 aliphatic rings. The summed E-state index contributed by atoms with van der Waals surface area (Å²) in [5, 5.41) is 5.14. The van der Waals surface area contributed by atoms with Crippen molar-refractivity contribution >= 4 is 45.1 Å². The van der Waals surface area contributed by atoms with Gasteiger partial charge in [-0.05, 0) is 37.3 Å². The summed E-state index contributed by atoms with van der Waals surface area (Å²) < 4.78 is 30.3. The Bertz CT molecular complexity index is 1090. The van der Waals surface area contributed by atoms with Crippen molar-refractivity contribution in [1.29, 1.82) is 0 Å². The van der Waals surface area contributed by atoms with Crippen molar-refractivity contribution in [2.75, 3.05) is 26.0 Å². The van der Waals surface area contributed by atoms with Crippen LogP contribution in [-0.4, -0.2) is 57.3 Å². The molecular formula is C20H22ClN3O6S. The number of nitrogens with zero attached hydrogens (tertiary/aromatic N) is 1. The van der Waals surface area contributed by atoms with Crippen molar-refractivity contribution in [2.45, 2.75) is 17.9 Å². The van der Waals surface area contributed by atoms with Crippen LogP contribution in [0.25, 0.3) is 0 Å². The van der Waals surface area contributed by atoms with Crippen LogP contribution < -0.4 is 10.6 Å². The number of hydrogen-bond acceptors (Lipinski definition) is 6. The number of halogens is 1. The summed E-state index contributed by atoms with van der Waals surface area (Å²) in [5.74, 6) is -2.05. The molecule has 2 N–H and O–H groups in total. The van der Waals surface area contributed by atoms with Gasteiger partial charge in [-0.3, -0.25) is 9.59 Å². The number of rotatable bonds is 8. The van der Waals surface area contributed by atoms with E-state index in [9.17, 15) is 22.8 Å². The Morgan fingerprint density at radius 2 is 1.77 bits per heavy atom. The summed E-state index contributed by atoms with van der Waals surface area (Å²) in [6, 6.07) is 11.0. The SMILES string of the molecule is C[C@H](NC(=O)c1ccccc1Cl)C(=O)OCC(=O)Nc1cccc(S(=O)(=O)N(C)C)c1. The molecule has 11 heteroatoms. The molecule has 0 unspecified atom stereocenters. The number of esters is 1. The van der Waals surface area contributed by atoms with Crippen molar-refractivity contribution in [3.05, 3.63) is 59.1 Å². The Balaban J connectivity index is 1.90. The minimum atomic E-state index is -3.66. The smallest absolute Gasteiger partial charge is 0.328 e. The Hall–Kier alpha value is -2.95. The van der Waals surface area contributed by atoms with E-state index in [0.717, 1.165) is 4.31 Å². The van der Waals surface area contributed by atoms with E-state index in [2.05, 4.69) is 10.6 Å². The van der Waals surface area contributed by atoms with Gasteiger partial charge in [-0.2, -0.15) is 0 Å². The van der Waals surface area contributed by atoms with Crippen molar-refractivity contribution in [3.63, 3.8) is 0 Å². The molecule has 0 saturated carbocycles. The van der Waals surface area contributed by atoms with Gasteiger partial charge in [0.2, 0.25) is 10.0 Å². The number of sulfonamides is 1. The quantitative estimate of drug-likeness (QED) is 0.572. The van der Waals surface area contributed by atoms with Crippen molar-refractivity contribution in [3.8, 4) is 0 Å². The van der Waals surface area contributed by atoms with Crippen LogP contribution in [0, 0.1) is 0 Å². The largest absolute Gasteiger partial charge is 0.454 e. The van der Waals surface area contributed by atoms with Gasteiger partial charge in [0.05, 0.1) is 15.5 Å². The fraction of sp³-hybridized carbons (Fsp3) is 0.250. The van der Waals surface area contributed by atoms with E-state index < -0.39 is 40.5 Å². The van der Waals surface area contributed by atoms with Gasteiger partial charge in [0, 0.05) is 19.8 Å². The molecule has 2 aromatic carbocycles. The van der Waals surface area contributed by atoms with Crippen LogP contribution in [0.15, 0.2) is 53.4 Å². The summed E-state index contributed by atoms with van der Waals surface area (Å²) in [4.78, 5) is 36.3. The van der Waals surface area contributed by atoms with E-state index in [-0.39, 0.29) is 21.2 Å². The molecular weight excluding hydrogens is 446 g/mol. The average molecular weight is 468 g/mol. The minimum Gasteiger partial charge on any atom is -0.454 e. The number of carbonyl (C=O) groups excluding carboxylic acids is 3. The van der Waals surface area contributed by atoms with Gasteiger partial charge in [-0.15, -0.1) is 0 Å². The predicted octanol–water partition coefficient (Wildman–Crippen LogP) is 1.89. The van der Waals surface area contributed by atoms with Crippen LogP contribution >= 0.6 is 11.6 Å².